The molecule has 2 amide bonds. The van der Waals surface area contributed by atoms with Crippen LogP contribution in [-0.2, 0) is 11.3 Å². The maximum Gasteiger partial charge on any atom is 0.326 e. The van der Waals surface area contributed by atoms with Crippen molar-refractivity contribution >= 4 is 23.3 Å². The molecule has 0 saturated carbocycles. The molecular weight excluding hydrogens is 254 g/mol. The molecule has 1 atom stereocenters. The molecule has 0 spiro atoms. The highest BCUT2D eigenvalue weighted by Crippen LogP contribution is 2.10. The number of likely N-dealkylation sites (N-methyl/N-ethyl adjacent to an activating group) is 1. The summed E-state index contributed by atoms with van der Waals surface area (Å²) in [5.41, 5.74) is 0. The largest absolute Gasteiger partial charge is 0.480 e. The lowest BCUT2D eigenvalue weighted by molar-refractivity contribution is -0.141. The highest BCUT2D eigenvalue weighted by atomic mass is 32.1. The first-order valence-electron chi connectivity index (χ1n) is 5.60. The molecule has 0 radical (unpaired) electrons. The number of carbonyl (C=O) groups is 2. The standard InChI is InChI=1S/C11H17N3O3S/c1-4-8(10(15)16)14(3)11(17)13-6-9-12-5-7(2)18-9/h5,8H,4,6H2,1-3H3,(H,13,17)(H,15,16). The van der Waals surface area contributed by atoms with Gasteiger partial charge in [-0.15, -0.1) is 11.3 Å². The number of carboxylic acid groups (broad SMARTS) is 1. The van der Waals surface area contributed by atoms with Crippen LogP contribution in [0, 0.1) is 6.92 Å². The zero-order valence-electron chi connectivity index (χ0n) is 10.6. The van der Waals surface area contributed by atoms with Gasteiger partial charge >= 0.3 is 12.0 Å². The van der Waals surface area contributed by atoms with Gasteiger partial charge in [0.25, 0.3) is 0 Å². The third-order valence-corrected chi connectivity index (χ3v) is 3.43. The summed E-state index contributed by atoms with van der Waals surface area (Å²) in [6.45, 7) is 3.98. The Morgan fingerprint density at radius 1 is 1.61 bits per heavy atom. The monoisotopic (exact) mass is 271 g/mol. The first kappa shape index (κ1) is 14.4. The van der Waals surface area contributed by atoms with Crippen LogP contribution < -0.4 is 5.32 Å². The number of carboxylic acids is 1. The summed E-state index contributed by atoms with van der Waals surface area (Å²) < 4.78 is 0. The Balaban J connectivity index is 2.52. The highest BCUT2D eigenvalue weighted by molar-refractivity contribution is 7.11. The lowest BCUT2D eigenvalue weighted by Crippen LogP contribution is -2.46. The molecular formula is C11H17N3O3S. The topological polar surface area (TPSA) is 82.5 Å². The van der Waals surface area contributed by atoms with E-state index >= 15 is 0 Å². The van der Waals surface area contributed by atoms with Crippen LogP contribution in [0.2, 0.25) is 0 Å². The molecule has 6 nitrogen and oxygen atoms in total. The van der Waals surface area contributed by atoms with Gasteiger partial charge in [0.05, 0.1) is 6.54 Å². The molecule has 100 valence electrons. The number of aliphatic carboxylic acids is 1. The van der Waals surface area contributed by atoms with Gasteiger partial charge in [-0.05, 0) is 13.3 Å². The lowest BCUT2D eigenvalue weighted by atomic mass is 10.2. The summed E-state index contributed by atoms with van der Waals surface area (Å²) in [7, 11) is 1.48. The molecule has 0 aliphatic heterocycles. The normalized spacial score (nSPS) is 11.9. The third kappa shape index (κ3) is 3.69. The summed E-state index contributed by atoms with van der Waals surface area (Å²) in [4.78, 5) is 29.1. The lowest BCUT2D eigenvalue weighted by Gasteiger charge is -2.23. The van der Waals surface area contributed by atoms with E-state index in [9.17, 15) is 9.59 Å². The molecule has 0 aromatic carbocycles. The van der Waals surface area contributed by atoms with E-state index in [1.165, 1.54) is 23.3 Å². The molecule has 2 N–H and O–H groups in total. The number of thiazole rings is 1. The minimum atomic E-state index is -1.000. The van der Waals surface area contributed by atoms with Crippen LogP contribution >= 0.6 is 11.3 Å². The van der Waals surface area contributed by atoms with Gasteiger partial charge in [-0.1, -0.05) is 6.92 Å². The maximum atomic E-state index is 11.8. The molecule has 1 aromatic rings. The van der Waals surface area contributed by atoms with Crippen molar-refractivity contribution in [3.05, 3.63) is 16.1 Å². The van der Waals surface area contributed by atoms with E-state index in [0.29, 0.717) is 13.0 Å². The number of carbonyl (C=O) groups excluding carboxylic acids is 1. The van der Waals surface area contributed by atoms with E-state index in [2.05, 4.69) is 10.3 Å². The Morgan fingerprint density at radius 3 is 2.72 bits per heavy atom. The first-order valence-corrected chi connectivity index (χ1v) is 6.42. The fourth-order valence-electron chi connectivity index (χ4n) is 1.51. The van der Waals surface area contributed by atoms with Gasteiger partial charge in [-0.2, -0.15) is 0 Å². The summed E-state index contributed by atoms with van der Waals surface area (Å²) in [5.74, 6) is -1.000. The van der Waals surface area contributed by atoms with Crippen molar-refractivity contribution in [3.63, 3.8) is 0 Å². The van der Waals surface area contributed by atoms with E-state index in [1.807, 2.05) is 6.92 Å². The minimum Gasteiger partial charge on any atom is -0.480 e. The number of urea groups is 1. The van der Waals surface area contributed by atoms with Gasteiger partial charge in [-0.3, -0.25) is 0 Å². The smallest absolute Gasteiger partial charge is 0.326 e. The van der Waals surface area contributed by atoms with E-state index < -0.39 is 18.0 Å². The molecule has 1 heterocycles. The second kappa shape index (κ2) is 6.34. The molecule has 1 unspecified atom stereocenters. The van der Waals surface area contributed by atoms with Crippen LogP contribution in [0.25, 0.3) is 0 Å². The van der Waals surface area contributed by atoms with E-state index in [4.69, 9.17) is 5.11 Å². The minimum absolute atomic E-state index is 0.317. The average Bonchev–Trinajstić information content (AvgIpc) is 2.72. The summed E-state index contributed by atoms with van der Waals surface area (Å²) in [6.07, 6.45) is 2.11. The second-order valence-corrected chi connectivity index (χ2v) is 5.22. The quantitative estimate of drug-likeness (QED) is 0.849. The van der Waals surface area contributed by atoms with E-state index in [1.54, 1.807) is 13.1 Å². The number of amides is 2. The van der Waals surface area contributed by atoms with Crippen molar-refractivity contribution in [1.29, 1.82) is 0 Å². The highest BCUT2D eigenvalue weighted by Gasteiger charge is 2.24. The number of rotatable bonds is 5. The predicted molar refractivity (Wildman–Crippen MR) is 68.6 cm³/mol. The summed E-state index contributed by atoms with van der Waals surface area (Å²) in [6, 6.07) is -1.21. The molecule has 1 rings (SSSR count). The van der Waals surface area contributed by atoms with Crippen LogP contribution in [0.15, 0.2) is 6.20 Å². The SMILES string of the molecule is CCC(C(=O)O)N(C)C(=O)NCc1ncc(C)s1. The fraction of sp³-hybridized carbons (Fsp3) is 0.545. The molecule has 1 aromatic heterocycles. The summed E-state index contributed by atoms with van der Waals surface area (Å²) >= 11 is 1.50. The fourth-order valence-corrected chi connectivity index (χ4v) is 2.24. The van der Waals surface area contributed by atoms with Crippen molar-refractivity contribution in [3.8, 4) is 0 Å². The Morgan fingerprint density at radius 2 is 2.28 bits per heavy atom. The average molecular weight is 271 g/mol. The van der Waals surface area contributed by atoms with Crippen molar-refractivity contribution in [2.45, 2.75) is 32.9 Å². The number of aryl methyl sites for hydroxylation is 1. The van der Waals surface area contributed by atoms with Gasteiger partial charge in [0.2, 0.25) is 0 Å². The molecule has 0 aliphatic carbocycles. The zero-order chi connectivity index (χ0) is 13.7. The van der Waals surface area contributed by atoms with Gasteiger partial charge in [0.15, 0.2) is 0 Å². The predicted octanol–water partition coefficient (Wildman–Crippen LogP) is 1.46. The number of aromatic nitrogens is 1. The molecule has 7 heteroatoms. The van der Waals surface area contributed by atoms with E-state index in [0.717, 1.165) is 9.88 Å². The molecule has 0 aliphatic rings. The molecule has 0 saturated heterocycles. The summed E-state index contributed by atoms with van der Waals surface area (Å²) in [5, 5.41) is 12.4. The Bertz CT molecular complexity index is 433. The molecule has 0 fully saturated rings. The van der Waals surface area contributed by atoms with Crippen LogP contribution in [0.4, 0.5) is 4.79 Å². The second-order valence-electron chi connectivity index (χ2n) is 3.90. The van der Waals surface area contributed by atoms with Crippen molar-refractivity contribution in [1.82, 2.24) is 15.2 Å². The van der Waals surface area contributed by atoms with Crippen molar-refractivity contribution < 1.29 is 14.7 Å². The third-order valence-electron chi connectivity index (χ3n) is 2.52. The maximum absolute atomic E-state index is 11.8. The van der Waals surface area contributed by atoms with Crippen LogP contribution in [0.1, 0.15) is 23.2 Å². The number of nitrogens with zero attached hydrogens (tertiary/aromatic N) is 2. The van der Waals surface area contributed by atoms with E-state index in [-0.39, 0.29) is 0 Å². The zero-order valence-corrected chi connectivity index (χ0v) is 11.5. The van der Waals surface area contributed by atoms with Gasteiger partial charge < -0.3 is 15.3 Å². The van der Waals surface area contributed by atoms with Gasteiger partial charge in [0.1, 0.15) is 11.0 Å². The molecule has 18 heavy (non-hydrogen) atoms. The van der Waals surface area contributed by atoms with Crippen molar-refractivity contribution in [2.24, 2.45) is 0 Å². The number of nitrogens with one attached hydrogen (secondary N) is 1. The Labute approximate surface area is 110 Å². The van der Waals surface area contributed by atoms with Crippen LogP contribution in [-0.4, -0.2) is 40.1 Å². The number of hydrogen-bond acceptors (Lipinski definition) is 4. The van der Waals surface area contributed by atoms with Gasteiger partial charge in [0, 0.05) is 18.1 Å². The van der Waals surface area contributed by atoms with Crippen LogP contribution in [0.5, 0.6) is 0 Å². The Kier molecular flexibility index (Phi) is 5.08. The number of hydrogen-bond donors (Lipinski definition) is 2. The van der Waals surface area contributed by atoms with Crippen LogP contribution in [0.3, 0.4) is 0 Å². The Hall–Kier alpha value is -1.63. The van der Waals surface area contributed by atoms with Gasteiger partial charge in [-0.25, -0.2) is 14.6 Å². The van der Waals surface area contributed by atoms with Crippen molar-refractivity contribution in [2.75, 3.05) is 7.05 Å². The first-order chi connectivity index (χ1) is 8.45. The molecule has 0 bridgehead atoms.